The van der Waals surface area contributed by atoms with Crippen LogP contribution in [-0.2, 0) is 17.8 Å². The second kappa shape index (κ2) is 8.51. The van der Waals surface area contributed by atoms with Crippen LogP contribution in [-0.4, -0.2) is 67.4 Å². The molecular formula is C20H26N2O5PSi+. The van der Waals surface area contributed by atoms with Gasteiger partial charge in [0.15, 0.2) is 5.58 Å². The third-order valence-electron chi connectivity index (χ3n) is 5.62. The van der Waals surface area contributed by atoms with Crippen molar-refractivity contribution in [2.75, 3.05) is 58.6 Å². The maximum absolute atomic E-state index is 12.9. The molecule has 9 heteroatoms. The summed E-state index contributed by atoms with van der Waals surface area (Å²) in [5.74, 6) is 0. The van der Waals surface area contributed by atoms with Crippen molar-refractivity contribution in [3.63, 3.8) is 0 Å². The van der Waals surface area contributed by atoms with Gasteiger partial charge in [0.1, 0.15) is 0 Å². The molecule has 1 aliphatic rings. The van der Waals surface area contributed by atoms with E-state index in [-0.39, 0.29) is 0 Å². The molecule has 2 aromatic carbocycles. The summed E-state index contributed by atoms with van der Waals surface area (Å²) < 4.78 is 35.3. The fourth-order valence-electron chi connectivity index (χ4n) is 3.96. The highest BCUT2D eigenvalue weighted by Crippen LogP contribution is 2.41. The second-order valence-electron chi connectivity index (χ2n) is 7.08. The van der Waals surface area contributed by atoms with Gasteiger partial charge in [-0.05, 0) is 22.8 Å². The minimum Gasteiger partial charge on any atom is -0.376 e. The van der Waals surface area contributed by atoms with Crippen molar-refractivity contribution in [1.82, 2.24) is 4.90 Å². The van der Waals surface area contributed by atoms with Gasteiger partial charge in [0.25, 0.3) is 5.12 Å². The summed E-state index contributed by atoms with van der Waals surface area (Å²) in [5, 5.41) is 2.79. The molecule has 3 aromatic rings. The summed E-state index contributed by atoms with van der Waals surface area (Å²) in [5.41, 5.74) is 1.68. The predicted molar refractivity (Wildman–Crippen MR) is 117 cm³/mol. The molecule has 1 aliphatic heterocycles. The van der Waals surface area contributed by atoms with Crippen molar-refractivity contribution in [3.05, 3.63) is 42.5 Å². The second-order valence-corrected chi connectivity index (χ2v) is 11.1. The summed E-state index contributed by atoms with van der Waals surface area (Å²) in [6.07, 6.45) is 0.655. The number of piperazine rings is 1. The molecule has 0 N–H and O–H groups in total. The van der Waals surface area contributed by atoms with Crippen molar-refractivity contribution >= 4 is 43.6 Å². The van der Waals surface area contributed by atoms with E-state index in [1.54, 1.807) is 21.3 Å². The Morgan fingerprint density at radius 1 is 0.931 bits per heavy atom. The number of benzene rings is 2. The van der Waals surface area contributed by atoms with E-state index in [9.17, 15) is 4.57 Å². The molecule has 1 atom stereocenters. The molecule has 7 nitrogen and oxygen atoms in total. The molecule has 1 fully saturated rings. The average molecular weight is 433 g/mol. The number of anilines is 1. The lowest BCUT2D eigenvalue weighted by Crippen LogP contribution is -2.57. The smallest absolute Gasteiger partial charge is 0.376 e. The van der Waals surface area contributed by atoms with E-state index in [0.717, 1.165) is 47.8 Å². The monoisotopic (exact) mass is 433 g/mol. The normalized spacial score (nSPS) is 16.7. The van der Waals surface area contributed by atoms with Crippen molar-refractivity contribution in [2.24, 2.45) is 0 Å². The molecule has 0 saturated carbocycles. The number of rotatable bonds is 6. The van der Waals surface area contributed by atoms with Crippen LogP contribution in [0.1, 0.15) is 0 Å². The predicted octanol–water partition coefficient (Wildman–Crippen LogP) is 3.87. The lowest BCUT2D eigenvalue weighted by atomic mass is 10.1. The fourth-order valence-corrected chi connectivity index (χ4v) is 6.94. The SMILES string of the molecule is CO[Si](CN1CCN(c2cccc3c4ccccc4o[p+](=O)c23)CC1)(OC)OC. The number of hydrogen-bond donors (Lipinski definition) is 0. The first-order valence-electron chi connectivity index (χ1n) is 9.61. The molecular weight excluding hydrogens is 407 g/mol. The summed E-state index contributed by atoms with van der Waals surface area (Å²) >= 11 is 0. The van der Waals surface area contributed by atoms with Crippen LogP contribution in [0.4, 0.5) is 5.69 Å². The first-order valence-corrected chi connectivity index (χ1v) is 12.7. The van der Waals surface area contributed by atoms with E-state index in [1.165, 1.54) is 0 Å². The zero-order valence-electron chi connectivity index (χ0n) is 17.0. The van der Waals surface area contributed by atoms with Crippen LogP contribution in [0.25, 0.3) is 21.5 Å². The topological polar surface area (TPSA) is 64.4 Å². The van der Waals surface area contributed by atoms with Crippen LogP contribution in [0.5, 0.6) is 0 Å². The van der Waals surface area contributed by atoms with Gasteiger partial charge in [-0.2, -0.15) is 0 Å². The third-order valence-corrected chi connectivity index (χ3v) is 9.52. The van der Waals surface area contributed by atoms with Crippen molar-refractivity contribution in [1.29, 1.82) is 0 Å². The van der Waals surface area contributed by atoms with E-state index in [1.807, 2.05) is 42.5 Å². The highest BCUT2D eigenvalue weighted by atomic mass is 31.1. The van der Waals surface area contributed by atoms with Gasteiger partial charge in [-0.15, -0.1) is 0 Å². The highest BCUT2D eigenvalue weighted by molar-refractivity contribution is 7.37. The standard InChI is InChI=1S/C20H26N2O5PSi/c1-24-29(25-2,26-3)15-21-11-13-22(14-12-21)18-9-6-8-17-16-7-4-5-10-19(16)27-28(23)20(17)18/h4-10H,11-15H2,1-3H3/q+1. The van der Waals surface area contributed by atoms with Gasteiger partial charge in [-0.25, -0.2) is 4.20 Å². The molecule has 0 aliphatic carbocycles. The largest absolute Gasteiger partial charge is 0.600 e. The van der Waals surface area contributed by atoms with E-state index in [2.05, 4.69) is 9.80 Å². The molecule has 2 heterocycles. The molecule has 0 amide bonds. The zero-order valence-corrected chi connectivity index (χ0v) is 18.9. The number of nitrogens with zero attached hydrogens (tertiary/aromatic N) is 2. The molecule has 1 aromatic heterocycles. The van der Waals surface area contributed by atoms with E-state index >= 15 is 0 Å². The lowest BCUT2D eigenvalue weighted by Gasteiger charge is -2.38. The number of hydrogen-bond acceptors (Lipinski definition) is 7. The van der Waals surface area contributed by atoms with Gasteiger partial charge in [0.2, 0.25) is 0 Å². The number of fused-ring (bicyclic) bond motifs is 3. The van der Waals surface area contributed by atoms with Gasteiger partial charge in [-0.3, -0.25) is 4.90 Å². The summed E-state index contributed by atoms with van der Waals surface area (Å²) in [7, 11) is 0.338. The van der Waals surface area contributed by atoms with Crippen LogP contribution in [0.2, 0.25) is 0 Å². The molecule has 4 rings (SSSR count). The lowest BCUT2D eigenvalue weighted by molar-refractivity contribution is 0.101. The quantitative estimate of drug-likeness (QED) is 0.432. The average Bonchev–Trinajstić information content (AvgIpc) is 2.78. The van der Waals surface area contributed by atoms with Crippen LogP contribution >= 0.6 is 7.65 Å². The third kappa shape index (κ3) is 3.84. The fraction of sp³-hybridized carbons (Fsp3) is 0.400. The maximum atomic E-state index is 12.9. The van der Waals surface area contributed by atoms with Gasteiger partial charge in [-0.1, -0.05) is 24.3 Å². The summed E-state index contributed by atoms with van der Waals surface area (Å²) in [4.78, 5) is 4.59. The van der Waals surface area contributed by atoms with Crippen molar-refractivity contribution in [3.8, 4) is 0 Å². The van der Waals surface area contributed by atoms with E-state index < -0.39 is 16.5 Å². The summed E-state index contributed by atoms with van der Waals surface area (Å²) in [6.45, 7) is 3.34. The van der Waals surface area contributed by atoms with E-state index in [4.69, 9.17) is 17.5 Å². The van der Waals surface area contributed by atoms with E-state index in [0.29, 0.717) is 11.8 Å². The Morgan fingerprint density at radius 3 is 2.28 bits per heavy atom. The molecule has 0 spiro atoms. The Morgan fingerprint density at radius 2 is 1.59 bits per heavy atom. The van der Waals surface area contributed by atoms with Crippen molar-refractivity contribution < 1.29 is 22.0 Å². The maximum Gasteiger partial charge on any atom is 0.600 e. The van der Waals surface area contributed by atoms with Crippen LogP contribution in [0, 0.1) is 0 Å². The van der Waals surface area contributed by atoms with Gasteiger partial charge >= 0.3 is 16.5 Å². The summed E-state index contributed by atoms with van der Waals surface area (Å²) in [6, 6.07) is 13.9. The zero-order chi connectivity index (χ0) is 20.4. The molecule has 0 bridgehead atoms. The van der Waals surface area contributed by atoms with Gasteiger partial charge in [0, 0.05) is 58.3 Å². The molecule has 0 radical (unpaired) electrons. The first-order chi connectivity index (χ1) is 14.1. The Bertz CT molecular complexity index is 1060. The van der Waals surface area contributed by atoms with Crippen LogP contribution in [0.15, 0.2) is 46.7 Å². The van der Waals surface area contributed by atoms with Crippen LogP contribution in [0.3, 0.4) is 0 Å². The Hall–Kier alpha value is -1.80. The number of para-hydroxylation sites is 1. The Kier molecular flexibility index (Phi) is 6.01. The van der Waals surface area contributed by atoms with Gasteiger partial charge in [0.05, 0.1) is 11.9 Å². The minimum atomic E-state index is -2.64. The molecule has 154 valence electrons. The highest BCUT2D eigenvalue weighted by Gasteiger charge is 2.41. The molecule has 1 unspecified atom stereocenters. The Labute approximate surface area is 172 Å². The minimum absolute atomic E-state index is 0.655. The van der Waals surface area contributed by atoms with Crippen LogP contribution < -0.4 is 4.90 Å². The van der Waals surface area contributed by atoms with Gasteiger partial charge < -0.3 is 18.2 Å². The van der Waals surface area contributed by atoms with Crippen molar-refractivity contribution in [2.45, 2.75) is 0 Å². The Balaban J connectivity index is 1.61. The molecule has 1 saturated heterocycles. The first kappa shape index (κ1) is 20.5. The molecule has 29 heavy (non-hydrogen) atoms.